The van der Waals surface area contributed by atoms with Gasteiger partial charge in [0.2, 0.25) is 34.7 Å². The van der Waals surface area contributed by atoms with Gasteiger partial charge in [-0.2, -0.15) is 0 Å². The van der Waals surface area contributed by atoms with Gasteiger partial charge in [-0.3, -0.25) is 38.4 Å². The van der Waals surface area contributed by atoms with Gasteiger partial charge in [0.05, 0.1) is 5.88 Å². The Balaban J connectivity index is 0.000000273. The molecule has 5 aromatic rings. The van der Waals surface area contributed by atoms with Crippen molar-refractivity contribution >= 4 is 92.7 Å². The molecule has 0 aliphatic rings. The number of benzene rings is 5. The molecule has 300 valence electrons. The van der Waals surface area contributed by atoms with E-state index in [9.17, 15) is 42.7 Å². The van der Waals surface area contributed by atoms with Gasteiger partial charge in [-0.25, -0.2) is 4.39 Å². The van der Waals surface area contributed by atoms with Crippen LogP contribution in [-0.4, -0.2) is 52.1 Å². The second kappa shape index (κ2) is 24.4. The van der Waals surface area contributed by atoms with E-state index >= 15 is 0 Å². The Morgan fingerprint density at radius 3 is 1.29 bits per heavy atom. The van der Waals surface area contributed by atoms with Gasteiger partial charge in [-0.05, 0) is 79.6 Å². The lowest BCUT2D eigenvalue weighted by Crippen LogP contribution is -2.16. The van der Waals surface area contributed by atoms with Crippen LogP contribution in [0.3, 0.4) is 0 Å². The monoisotopic (exact) mass is 864 g/mol. The zero-order valence-corrected chi connectivity index (χ0v) is 34.7. The van der Waals surface area contributed by atoms with Crippen LogP contribution in [0.2, 0.25) is 15.1 Å². The zero-order valence-electron chi connectivity index (χ0n) is 31.7. The summed E-state index contributed by atoms with van der Waals surface area (Å²) in [6, 6.07) is 30.8. The highest BCUT2D eigenvalue weighted by molar-refractivity contribution is 6.50. The van der Waals surface area contributed by atoms with Crippen molar-refractivity contribution in [2.45, 2.75) is 34.1 Å². The van der Waals surface area contributed by atoms with Crippen LogP contribution in [0, 0.1) is 18.7 Å². The van der Waals surface area contributed by atoms with Gasteiger partial charge in [-0.1, -0.05) is 109 Å². The molecule has 13 heteroatoms. The van der Waals surface area contributed by atoms with E-state index in [1.807, 2.05) is 20.8 Å². The van der Waals surface area contributed by atoms with E-state index in [2.05, 4.69) is 0 Å². The van der Waals surface area contributed by atoms with Crippen LogP contribution < -0.4 is 0 Å². The highest BCUT2D eigenvalue weighted by atomic mass is 35.5. The summed E-state index contributed by atoms with van der Waals surface area (Å²) in [5, 5.41) is 1.22. The SMILES string of the molecule is CC(=O)C(=O)c1cc(Cl)cc(Cl)c1.CC(C)CC(=O)C(=O)CCl.Cc1ccc(C(=O)C(=O)c2ccc(F)cc2)cc1.O=C(C(=O)c1ccc(Cl)cc1)c1ccccc1. The maximum Gasteiger partial charge on any atom is 0.233 e. The second-order valence-corrected chi connectivity index (χ2v) is 14.3. The minimum absolute atomic E-state index is 0.189. The summed E-state index contributed by atoms with van der Waals surface area (Å²) >= 11 is 22.2. The predicted molar refractivity (Wildman–Crippen MR) is 224 cm³/mol. The van der Waals surface area contributed by atoms with Crippen LogP contribution in [0.4, 0.5) is 4.39 Å². The molecular formula is C45H37Cl4FO8. The third-order valence-corrected chi connectivity index (χ3v) is 8.38. The van der Waals surface area contributed by atoms with Gasteiger partial charge < -0.3 is 0 Å². The van der Waals surface area contributed by atoms with Crippen LogP contribution in [0.1, 0.15) is 84.5 Å². The molecule has 0 heterocycles. The van der Waals surface area contributed by atoms with Crippen LogP contribution in [0.15, 0.2) is 121 Å². The number of rotatable bonds is 12. The highest BCUT2D eigenvalue weighted by Crippen LogP contribution is 2.19. The number of hydrogen-bond acceptors (Lipinski definition) is 8. The van der Waals surface area contributed by atoms with Crippen LogP contribution in [0.5, 0.6) is 0 Å². The van der Waals surface area contributed by atoms with Crippen LogP contribution in [-0.2, 0) is 14.4 Å². The number of aryl methyl sites for hydroxylation is 1. The van der Waals surface area contributed by atoms with Crippen molar-refractivity contribution in [1.29, 1.82) is 0 Å². The van der Waals surface area contributed by atoms with Crippen molar-refractivity contribution in [3.8, 4) is 0 Å². The Kier molecular flexibility index (Phi) is 20.4. The molecule has 0 saturated carbocycles. The Bertz CT molecular complexity index is 2180. The topological polar surface area (TPSA) is 137 Å². The van der Waals surface area contributed by atoms with Gasteiger partial charge in [0.25, 0.3) is 0 Å². The first-order valence-electron chi connectivity index (χ1n) is 17.3. The van der Waals surface area contributed by atoms with E-state index in [-0.39, 0.29) is 28.7 Å². The fourth-order valence-corrected chi connectivity index (χ4v) is 5.27. The number of hydrogen-bond donors (Lipinski definition) is 0. The van der Waals surface area contributed by atoms with E-state index in [4.69, 9.17) is 46.4 Å². The van der Waals surface area contributed by atoms with Crippen LogP contribution in [0.25, 0.3) is 0 Å². The molecule has 58 heavy (non-hydrogen) atoms. The molecule has 0 spiro atoms. The molecular weight excluding hydrogens is 829 g/mol. The fraction of sp³-hybridized carbons (Fsp3) is 0.156. The quantitative estimate of drug-likeness (QED) is 0.0687. The molecule has 0 radical (unpaired) electrons. The van der Waals surface area contributed by atoms with E-state index in [1.54, 1.807) is 78.9 Å². The minimum atomic E-state index is -0.626. The van der Waals surface area contributed by atoms with Crippen molar-refractivity contribution in [2.24, 2.45) is 5.92 Å². The predicted octanol–water partition coefficient (Wildman–Crippen LogP) is 10.8. The molecule has 0 bridgehead atoms. The lowest BCUT2D eigenvalue weighted by Gasteiger charge is -2.01. The third kappa shape index (κ3) is 16.6. The first-order valence-corrected chi connectivity index (χ1v) is 19.0. The van der Waals surface area contributed by atoms with Gasteiger partial charge in [0, 0.05) is 56.2 Å². The number of carbonyl (C=O) groups excluding carboxylic acids is 8. The number of ketones is 8. The standard InChI is InChI=1S/C15H11FO2.C14H9ClO2.C9H6Cl2O2.C7H11ClO2/c1-10-2-4-11(5-3-10)14(17)15(18)12-6-8-13(16)9-7-12;15-12-8-6-11(7-9-12)14(17)13(16)10-4-2-1-3-5-10;1-5(12)9(13)6-2-7(10)4-8(11)3-6;1-5(2)3-6(9)7(10)4-8/h2-9H,1H3;1-9H;2-4H,1H3;5H,3-4H2,1-2H3. The summed E-state index contributed by atoms with van der Waals surface area (Å²) in [6.45, 7) is 6.88. The average molecular weight is 867 g/mol. The van der Waals surface area contributed by atoms with E-state index in [1.165, 1.54) is 37.3 Å². The molecule has 8 nitrogen and oxygen atoms in total. The molecule has 0 unspecified atom stereocenters. The Hall–Kier alpha value is -5.45. The largest absolute Gasteiger partial charge is 0.291 e. The summed E-state index contributed by atoms with van der Waals surface area (Å²) < 4.78 is 12.7. The lowest BCUT2D eigenvalue weighted by atomic mass is 10.0. The van der Waals surface area contributed by atoms with E-state index < -0.39 is 46.3 Å². The molecule has 0 saturated heterocycles. The van der Waals surface area contributed by atoms with Crippen molar-refractivity contribution < 1.29 is 42.7 Å². The number of carbonyl (C=O) groups is 8. The first-order chi connectivity index (χ1) is 27.3. The van der Waals surface area contributed by atoms with Crippen molar-refractivity contribution in [2.75, 3.05) is 5.88 Å². The number of Topliss-reactive ketones (excluding diaryl/α,β-unsaturated/α-hetero) is 8. The average Bonchev–Trinajstić information content (AvgIpc) is 3.20. The van der Waals surface area contributed by atoms with E-state index in [0.29, 0.717) is 38.2 Å². The zero-order chi connectivity index (χ0) is 43.5. The molecule has 0 atom stereocenters. The molecule has 0 N–H and O–H groups in total. The van der Waals surface area contributed by atoms with E-state index in [0.717, 1.165) is 17.7 Å². The normalized spacial score (nSPS) is 9.97. The number of halogens is 5. The highest BCUT2D eigenvalue weighted by Gasteiger charge is 2.19. The molecule has 0 aliphatic carbocycles. The summed E-state index contributed by atoms with van der Waals surface area (Å²) in [7, 11) is 0. The van der Waals surface area contributed by atoms with Gasteiger partial charge >= 0.3 is 0 Å². The molecule has 0 aliphatic heterocycles. The van der Waals surface area contributed by atoms with Crippen molar-refractivity contribution in [3.63, 3.8) is 0 Å². The Morgan fingerprint density at radius 2 is 0.897 bits per heavy atom. The maximum atomic E-state index is 12.7. The third-order valence-electron chi connectivity index (χ3n) is 7.45. The van der Waals surface area contributed by atoms with Gasteiger partial charge in [0.1, 0.15) is 5.82 Å². The van der Waals surface area contributed by atoms with Gasteiger partial charge in [-0.15, -0.1) is 11.6 Å². The second-order valence-electron chi connectivity index (χ2n) is 12.7. The van der Waals surface area contributed by atoms with Gasteiger partial charge in [0.15, 0.2) is 11.6 Å². The summed E-state index contributed by atoms with van der Waals surface area (Å²) in [4.78, 5) is 90.7. The molecule has 0 aromatic heterocycles. The molecule has 0 amide bonds. The van der Waals surface area contributed by atoms with Crippen LogP contribution >= 0.6 is 46.4 Å². The summed E-state index contributed by atoms with van der Waals surface area (Å²) in [6.07, 6.45) is 0.311. The summed E-state index contributed by atoms with van der Waals surface area (Å²) in [5.74, 6) is -4.57. The molecule has 5 rings (SSSR count). The fourth-order valence-electron chi connectivity index (χ4n) is 4.47. The first kappa shape index (κ1) is 48.7. The lowest BCUT2D eigenvalue weighted by molar-refractivity contribution is -0.135. The smallest absolute Gasteiger partial charge is 0.233 e. The summed E-state index contributed by atoms with van der Waals surface area (Å²) in [5.41, 5.74) is 2.53. The molecule has 5 aromatic carbocycles. The Labute approximate surface area is 355 Å². The number of alkyl halides is 1. The van der Waals surface area contributed by atoms with Crippen molar-refractivity contribution in [1.82, 2.24) is 0 Å². The molecule has 0 fully saturated rings. The Morgan fingerprint density at radius 1 is 0.500 bits per heavy atom. The van der Waals surface area contributed by atoms with Crippen molar-refractivity contribution in [3.05, 3.63) is 176 Å². The minimum Gasteiger partial charge on any atom is -0.291 e. The maximum absolute atomic E-state index is 12.7.